The summed E-state index contributed by atoms with van der Waals surface area (Å²) in [5.41, 5.74) is 1.72. The Bertz CT molecular complexity index is 515. The molecule has 1 fully saturated rings. The number of aromatic nitrogens is 2. The lowest BCUT2D eigenvalue weighted by atomic mass is 10.2. The average Bonchev–Trinajstić information content (AvgIpc) is 2.84. The molecule has 1 aromatic rings. The molecule has 6 nitrogen and oxygen atoms in total. The standard InChI is InChI=1S/C13H17N3O3S/c1-8-6-9(2)15-13(14-8)20-7-11(17)16-5-3-4-10(16)12(18)19/h6,10H,3-5,7H2,1-2H3,(H,18,19). The number of likely N-dealkylation sites (tertiary alicyclic amines) is 1. The molecule has 20 heavy (non-hydrogen) atoms. The highest BCUT2D eigenvalue weighted by Crippen LogP contribution is 2.21. The van der Waals surface area contributed by atoms with Crippen LogP contribution in [0.4, 0.5) is 0 Å². The first-order valence-electron chi connectivity index (χ1n) is 6.44. The number of amides is 1. The second-order valence-corrected chi connectivity index (χ2v) is 5.75. The first-order chi connectivity index (χ1) is 9.47. The molecule has 0 saturated carbocycles. The van der Waals surface area contributed by atoms with E-state index in [1.54, 1.807) is 0 Å². The lowest BCUT2D eigenvalue weighted by Crippen LogP contribution is -2.41. The van der Waals surface area contributed by atoms with Crippen LogP contribution in [0.25, 0.3) is 0 Å². The Hall–Kier alpha value is -1.63. The molecule has 1 N–H and O–H groups in total. The highest BCUT2D eigenvalue weighted by Gasteiger charge is 2.33. The van der Waals surface area contributed by atoms with Crippen LogP contribution < -0.4 is 0 Å². The molecular weight excluding hydrogens is 278 g/mol. The number of nitrogens with zero attached hydrogens (tertiary/aromatic N) is 3. The Balaban J connectivity index is 1.96. The highest BCUT2D eigenvalue weighted by atomic mass is 32.2. The van der Waals surface area contributed by atoms with E-state index < -0.39 is 12.0 Å². The van der Waals surface area contributed by atoms with E-state index in [1.807, 2.05) is 19.9 Å². The smallest absolute Gasteiger partial charge is 0.326 e. The fourth-order valence-corrected chi connectivity index (χ4v) is 3.12. The van der Waals surface area contributed by atoms with Gasteiger partial charge in [0.2, 0.25) is 5.91 Å². The number of rotatable bonds is 4. The zero-order valence-corrected chi connectivity index (χ0v) is 12.3. The van der Waals surface area contributed by atoms with Gasteiger partial charge < -0.3 is 10.0 Å². The van der Waals surface area contributed by atoms with Crippen LogP contribution in [0.3, 0.4) is 0 Å². The molecule has 0 spiro atoms. The molecule has 108 valence electrons. The van der Waals surface area contributed by atoms with Gasteiger partial charge in [-0.1, -0.05) is 11.8 Å². The van der Waals surface area contributed by atoms with Gasteiger partial charge in [-0.25, -0.2) is 14.8 Å². The minimum atomic E-state index is -0.927. The maximum atomic E-state index is 12.1. The van der Waals surface area contributed by atoms with Gasteiger partial charge in [-0.05, 0) is 32.8 Å². The Morgan fingerprint density at radius 3 is 2.65 bits per heavy atom. The Morgan fingerprint density at radius 2 is 2.05 bits per heavy atom. The maximum absolute atomic E-state index is 12.1. The number of carbonyl (C=O) groups excluding carboxylic acids is 1. The van der Waals surface area contributed by atoms with Crippen LogP contribution in [0.1, 0.15) is 24.2 Å². The molecule has 0 aromatic carbocycles. The minimum Gasteiger partial charge on any atom is -0.480 e. The molecule has 7 heteroatoms. The molecule has 1 saturated heterocycles. The van der Waals surface area contributed by atoms with Crippen LogP contribution in [0, 0.1) is 13.8 Å². The third-order valence-electron chi connectivity index (χ3n) is 3.14. The summed E-state index contributed by atoms with van der Waals surface area (Å²) in [6, 6.07) is 1.19. The van der Waals surface area contributed by atoms with E-state index >= 15 is 0 Å². The summed E-state index contributed by atoms with van der Waals surface area (Å²) in [7, 11) is 0. The van der Waals surface area contributed by atoms with Crippen molar-refractivity contribution in [3.05, 3.63) is 17.5 Å². The van der Waals surface area contributed by atoms with E-state index in [2.05, 4.69) is 9.97 Å². The normalized spacial score (nSPS) is 18.3. The molecule has 1 amide bonds. The molecule has 2 rings (SSSR count). The molecule has 1 aromatic heterocycles. The molecule has 1 aliphatic heterocycles. The second kappa shape index (κ2) is 6.21. The summed E-state index contributed by atoms with van der Waals surface area (Å²) in [5.74, 6) is -0.918. The van der Waals surface area contributed by atoms with E-state index in [1.165, 1.54) is 16.7 Å². The van der Waals surface area contributed by atoms with E-state index in [4.69, 9.17) is 5.11 Å². The fraction of sp³-hybridized carbons (Fsp3) is 0.538. The Labute approximate surface area is 121 Å². The molecule has 1 unspecified atom stereocenters. The van der Waals surface area contributed by atoms with Crippen LogP contribution in [-0.4, -0.2) is 50.2 Å². The lowest BCUT2D eigenvalue weighted by Gasteiger charge is -2.20. The average molecular weight is 295 g/mol. The summed E-state index contributed by atoms with van der Waals surface area (Å²) in [5, 5.41) is 9.62. The largest absolute Gasteiger partial charge is 0.480 e. The van der Waals surface area contributed by atoms with Crippen LogP contribution in [0.2, 0.25) is 0 Å². The van der Waals surface area contributed by atoms with Crippen molar-refractivity contribution in [2.24, 2.45) is 0 Å². The first-order valence-corrected chi connectivity index (χ1v) is 7.43. The van der Waals surface area contributed by atoms with E-state index in [-0.39, 0.29) is 11.7 Å². The molecule has 1 aliphatic rings. The Kier molecular flexibility index (Phi) is 4.59. The number of hydrogen-bond acceptors (Lipinski definition) is 5. The van der Waals surface area contributed by atoms with Crippen molar-refractivity contribution in [3.63, 3.8) is 0 Å². The molecule has 1 atom stereocenters. The lowest BCUT2D eigenvalue weighted by molar-refractivity contribution is -0.147. The predicted octanol–water partition coefficient (Wildman–Crippen LogP) is 1.26. The van der Waals surface area contributed by atoms with Gasteiger partial charge in [0.1, 0.15) is 6.04 Å². The van der Waals surface area contributed by atoms with Gasteiger partial charge in [-0.3, -0.25) is 4.79 Å². The van der Waals surface area contributed by atoms with Crippen molar-refractivity contribution in [2.75, 3.05) is 12.3 Å². The molecule has 0 radical (unpaired) electrons. The molecular formula is C13H17N3O3S. The zero-order valence-electron chi connectivity index (χ0n) is 11.5. The van der Waals surface area contributed by atoms with Crippen molar-refractivity contribution in [2.45, 2.75) is 37.9 Å². The Morgan fingerprint density at radius 1 is 1.40 bits per heavy atom. The van der Waals surface area contributed by atoms with Crippen LogP contribution in [-0.2, 0) is 9.59 Å². The van der Waals surface area contributed by atoms with Gasteiger partial charge in [0.05, 0.1) is 5.75 Å². The molecule has 0 aliphatic carbocycles. The summed E-state index contributed by atoms with van der Waals surface area (Å²) < 4.78 is 0. The van der Waals surface area contributed by atoms with Gasteiger partial charge in [0.15, 0.2) is 5.16 Å². The first kappa shape index (κ1) is 14.8. The molecule has 0 bridgehead atoms. The maximum Gasteiger partial charge on any atom is 0.326 e. The quantitative estimate of drug-likeness (QED) is 0.665. The summed E-state index contributed by atoms with van der Waals surface area (Å²) in [6.07, 6.45) is 1.28. The van der Waals surface area contributed by atoms with Crippen LogP contribution >= 0.6 is 11.8 Å². The number of hydrogen-bond donors (Lipinski definition) is 1. The van der Waals surface area contributed by atoms with Crippen molar-refractivity contribution < 1.29 is 14.7 Å². The third kappa shape index (κ3) is 3.47. The number of thioether (sulfide) groups is 1. The topological polar surface area (TPSA) is 83.4 Å². The van der Waals surface area contributed by atoms with Gasteiger partial charge in [0, 0.05) is 17.9 Å². The number of carboxylic acids is 1. The van der Waals surface area contributed by atoms with E-state index in [0.29, 0.717) is 18.1 Å². The van der Waals surface area contributed by atoms with Gasteiger partial charge in [-0.15, -0.1) is 0 Å². The van der Waals surface area contributed by atoms with Gasteiger partial charge in [0.25, 0.3) is 0 Å². The number of aryl methyl sites for hydroxylation is 2. The van der Waals surface area contributed by atoms with E-state index in [0.717, 1.165) is 17.8 Å². The summed E-state index contributed by atoms with van der Waals surface area (Å²) in [4.78, 5) is 33.1. The zero-order chi connectivity index (χ0) is 14.7. The van der Waals surface area contributed by atoms with Crippen molar-refractivity contribution in [3.8, 4) is 0 Å². The van der Waals surface area contributed by atoms with E-state index in [9.17, 15) is 9.59 Å². The van der Waals surface area contributed by atoms with Gasteiger partial charge in [-0.2, -0.15) is 0 Å². The van der Waals surface area contributed by atoms with Crippen molar-refractivity contribution >= 4 is 23.6 Å². The highest BCUT2D eigenvalue weighted by molar-refractivity contribution is 7.99. The number of aliphatic carboxylic acids is 1. The van der Waals surface area contributed by atoms with Crippen LogP contribution in [0.15, 0.2) is 11.2 Å². The van der Waals surface area contributed by atoms with Crippen molar-refractivity contribution in [1.82, 2.24) is 14.9 Å². The van der Waals surface area contributed by atoms with Crippen molar-refractivity contribution in [1.29, 1.82) is 0 Å². The second-order valence-electron chi connectivity index (χ2n) is 4.81. The predicted molar refractivity (Wildman–Crippen MR) is 74.6 cm³/mol. The number of carbonyl (C=O) groups is 2. The minimum absolute atomic E-state index is 0.164. The van der Waals surface area contributed by atoms with Gasteiger partial charge >= 0.3 is 5.97 Å². The fourth-order valence-electron chi connectivity index (χ4n) is 2.29. The number of carboxylic acid groups (broad SMARTS) is 1. The monoisotopic (exact) mass is 295 g/mol. The summed E-state index contributed by atoms with van der Waals surface area (Å²) >= 11 is 1.25. The molecule has 2 heterocycles. The third-order valence-corrected chi connectivity index (χ3v) is 3.98. The van der Waals surface area contributed by atoms with Crippen LogP contribution in [0.5, 0.6) is 0 Å². The summed E-state index contributed by atoms with van der Waals surface area (Å²) in [6.45, 7) is 4.27. The SMILES string of the molecule is Cc1cc(C)nc(SCC(=O)N2CCCC2C(=O)O)n1.